The lowest BCUT2D eigenvalue weighted by Crippen LogP contribution is -2.47. The summed E-state index contributed by atoms with van der Waals surface area (Å²) in [6, 6.07) is 8.39. The van der Waals surface area contributed by atoms with E-state index in [1.807, 2.05) is 12.1 Å². The maximum atomic E-state index is 12.1. The molecule has 1 aromatic heterocycles. The van der Waals surface area contributed by atoms with Crippen molar-refractivity contribution >= 4 is 35.1 Å². The molecular weight excluding hydrogens is 493 g/mol. The highest BCUT2D eigenvalue weighted by molar-refractivity contribution is 6.42. The molecular formula is C25H35Cl2N3O5. The number of aromatic carboxylic acids is 1. The predicted octanol–water partition coefficient (Wildman–Crippen LogP) is 4.19. The van der Waals surface area contributed by atoms with Crippen LogP contribution in [0, 0.1) is 0 Å². The quantitative estimate of drug-likeness (QED) is 0.478. The Balaban J connectivity index is 0.000000540. The number of halogens is 2. The highest BCUT2D eigenvalue weighted by Gasteiger charge is 2.21. The summed E-state index contributed by atoms with van der Waals surface area (Å²) in [6.07, 6.45) is -0.154. The van der Waals surface area contributed by atoms with Gasteiger partial charge in [0.15, 0.2) is 0 Å². The molecule has 3 rings (SSSR count). The average Bonchev–Trinajstić information content (AvgIpc) is 3.31. The molecule has 1 aromatic carbocycles. The van der Waals surface area contributed by atoms with Crippen LogP contribution in [0.15, 0.2) is 34.7 Å². The molecule has 0 spiro atoms. The molecule has 10 heteroatoms. The molecule has 1 fully saturated rings. The molecule has 35 heavy (non-hydrogen) atoms. The number of amides is 1. The van der Waals surface area contributed by atoms with Gasteiger partial charge in [0.1, 0.15) is 5.76 Å². The Bertz CT molecular complexity index is 943. The number of ether oxygens (including phenoxy) is 1. The number of furan rings is 1. The average molecular weight is 528 g/mol. The molecule has 194 valence electrons. The second kappa shape index (κ2) is 15.1. The van der Waals surface area contributed by atoms with Crippen molar-refractivity contribution < 1.29 is 23.8 Å². The Labute approximate surface area is 217 Å². The summed E-state index contributed by atoms with van der Waals surface area (Å²) in [6.45, 7) is 13.2. The first-order valence-electron chi connectivity index (χ1n) is 11.8. The monoisotopic (exact) mass is 527 g/mol. The van der Waals surface area contributed by atoms with Gasteiger partial charge >= 0.3 is 5.97 Å². The smallest absolute Gasteiger partial charge is 0.371 e. The molecule has 0 saturated carbocycles. The Morgan fingerprint density at radius 1 is 1.11 bits per heavy atom. The summed E-state index contributed by atoms with van der Waals surface area (Å²) < 4.78 is 10.8. The number of carbonyl (C=O) groups is 2. The summed E-state index contributed by atoms with van der Waals surface area (Å²) in [5.74, 6) is -1.29. The number of rotatable bonds is 10. The Kier molecular flexibility index (Phi) is 12.6. The summed E-state index contributed by atoms with van der Waals surface area (Å²) in [5.41, 5.74) is 1.06. The molecule has 0 radical (unpaired) electrons. The summed E-state index contributed by atoms with van der Waals surface area (Å²) in [7, 11) is 0. The molecule has 1 aliphatic rings. The van der Waals surface area contributed by atoms with Gasteiger partial charge in [-0.2, -0.15) is 0 Å². The van der Waals surface area contributed by atoms with Crippen LogP contribution >= 0.6 is 23.2 Å². The van der Waals surface area contributed by atoms with E-state index in [9.17, 15) is 9.59 Å². The maximum absolute atomic E-state index is 12.1. The lowest BCUT2D eigenvalue weighted by Gasteiger charge is -2.33. The number of hydrogen-bond donors (Lipinski definition) is 2. The van der Waals surface area contributed by atoms with Crippen LogP contribution in [0.2, 0.25) is 10.0 Å². The fourth-order valence-corrected chi connectivity index (χ4v) is 3.97. The zero-order valence-electron chi connectivity index (χ0n) is 20.6. The summed E-state index contributed by atoms with van der Waals surface area (Å²) in [4.78, 5) is 27.5. The van der Waals surface area contributed by atoms with E-state index in [0.717, 1.165) is 18.7 Å². The molecule has 1 saturated heterocycles. The molecule has 0 aliphatic carbocycles. The second-order valence-electron chi connectivity index (χ2n) is 8.15. The van der Waals surface area contributed by atoms with Gasteiger partial charge in [0.2, 0.25) is 11.7 Å². The number of carbonyl (C=O) groups excluding carboxylic acids is 1. The number of nitrogens with one attached hydrogen (secondary N) is 1. The van der Waals surface area contributed by atoms with Crippen molar-refractivity contribution in [1.82, 2.24) is 15.1 Å². The van der Waals surface area contributed by atoms with Crippen molar-refractivity contribution in [2.24, 2.45) is 0 Å². The Hall–Kier alpha value is -2.10. The van der Waals surface area contributed by atoms with Crippen molar-refractivity contribution in [2.75, 3.05) is 45.9 Å². The van der Waals surface area contributed by atoms with Crippen LogP contribution in [-0.4, -0.2) is 78.8 Å². The van der Waals surface area contributed by atoms with Gasteiger partial charge in [-0.05, 0) is 49.5 Å². The third-order valence-electron chi connectivity index (χ3n) is 5.69. The Morgan fingerprint density at radius 3 is 2.40 bits per heavy atom. The van der Waals surface area contributed by atoms with Gasteiger partial charge in [0, 0.05) is 26.2 Å². The standard InChI is InChI=1S/C19H20Cl2N2O5.C6H15N/c20-15-3-1-12(7-16(15)21)10-23-5-6-27-14(11-23)9-22-18(24)8-13-2-4-17(28-13)19(25)26;1-4-7(5-2)6-3/h1-4,7,14H,5-6,8-11H2,(H,22,24)(H,25,26);4-6H2,1-3H3/t14-;/m0./s1. The van der Waals surface area contributed by atoms with Gasteiger partial charge in [-0.15, -0.1) is 0 Å². The van der Waals surface area contributed by atoms with Crippen molar-refractivity contribution in [3.8, 4) is 0 Å². The molecule has 2 N–H and O–H groups in total. The van der Waals surface area contributed by atoms with Gasteiger partial charge in [-0.1, -0.05) is 50.0 Å². The zero-order valence-corrected chi connectivity index (χ0v) is 22.1. The molecule has 0 bridgehead atoms. The third-order valence-corrected chi connectivity index (χ3v) is 6.43. The second-order valence-corrected chi connectivity index (χ2v) is 8.96. The van der Waals surface area contributed by atoms with Crippen LogP contribution in [0.3, 0.4) is 0 Å². The molecule has 0 unspecified atom stereocenters. The SMILES string of the molecule is CCN(CC)CC.O=C(Cc1ccc(C(=O)O)o1)NC[C@H]1CN(Cc2ccc(Cl)c(Cl)c2)CCO1. The maximum Gasteiger partial charge on any atom is 0.371 e. The number of nitrogens with zero attached hydrogens (tertiary/aromatic N) is 2. The van der Waals surface area contributed by atoms with Crippen LogP contribution in [-0.2, 0) is 22.5 Å². The fourth-order valence-electron chi connectivity index (χ4n) is 3.65. The van der Waals surface area contributed by atoms with Crippen LogP contribution < -0.4 is 5.32 Å². The summed E-state index contributed by atoms with van der Waals surface area (Å²) >= 11 is 12.0. The first-order valence-corrected chi connectivity index (χ1v) is 12.6. The Morgan fingerprint density at radius 2 is 1.83 bits per heavy atom. The molecule has 2 heterocycles. The van der Waals surface area contributed by atoms with Crippen molar-refractivity contribution in [1.29, 1.82) is 0 Å². The third kappa shape index (κ3) is 10.2. The van der Waals surface area contributed by atoms with Crippen molar-refractivity contribution in [3.63, 3.8) is 0 Å². The van der Waals surface area contributed by atoms with E-state index >= 15 is 0 Å². The minimum atomic E-state index is -1.16. The molecule has 2 aromatic rings. The highest BCUT2D eigenvalue weighted by Crippen LogP contribution is 2.23. The van der Waals surface area contributed by atoms with E-state index in [1.54, 1.807) is 6.07 Å². The van der Waals surface area contributed by atoms with Crippen LogP contribution in [0.25, 0.3) is 0 Å². The normalized spacial score (nSPS) is 16.0. The van der Waals surface area contributed by atoms with Crippen molar-refractivity contribution in [3.05, 3.63) is 57.5 Å². The molecule has 8 nitrogen and oxygen atoms in total. The van der Waals surface area contributed by atoms with Gasteiger partial charge in [-0.3, -0.25) is 9.69 Å². The lowest BCUT2D eigenvalue weighted by atomic mass is 10.2. The van der Waals surface area contributed by atoms with Gasteiger partial charge in [0.05, 0.1) is 29.2 Å². The summed E-state index contributed by atoms with van der Waals surface area (Å²) in [5, 5.41) is 12.7. The van der Waals surface area contributed by atoms with E-state index in [2.05, 4.69) is 35.9 Å². The predicted molar refractivity (Wildman–Crippen MR) is 137 cm³/mol. The minimum absolute atomic E-state index is 0.0208. The van der Waals surface area contributed by atoms with E-state index in [0.29, 0.717) is 35.5 Å². The van der Waals surface area contributed by atoms with Crippen LogP contribution in [0.4, 0.5) is 0 Å². The van der Waals surface area contributed by atoms with Crippen LogP contribution in [0.5, 0.6) is 0 Å². The van der Waals surface area contributed by atoms with Gasteiger partial charge in [0.25, 0.3) is 0 Å². The minimum Gasteiger partial charge on any atom is -0.475 e. The zero-order chi connectivity index (χ0) is 25.8. The van der Waals surface area contributed by atoms with E-state index in [1.165, 1.54) is 31.8 Å². The van der Waals surface area contributed by atoms with Gasteiger partial charge in [-0.25, -0.2) is 4.79 Å². The van der Waals surface area contributed by atoms with Gasteiger partial charge < -0.3 is 24.5 Å². The number of carboxylic acids is 1. The molecule has 1 atom stereocenters. The number of morpholine rings is 1. The highest BCUT2D eigenvalue weighted by atomic mass is 35.5. The topological polar surface area (TPSA) is 95.2 Å². The van der Waals surface area contributed by atoms with E-state index in [-0.39, 0.29) is 24.2 Å². The largest absolute Gasteiger partial charge is 0.475 e. The first kappa shape index (κ1) is 29.1. The van der Waals surface area contributed by atoms with E-state index in [4.69, 9.17) is 37.5 Å². The number of hydrogen-bond acceptors (Lipinski definition) is 6. The fraction of sp³-hybridized carbons (Fsp3) is 0.520. The molecule has 1 aliphatic heterocycles. The first-order chi connectivity index (χ1) is 16.7. The van der Waals surface area contributed by atoms with Crippen LogP contribution in [0.1, 0.15) is 42.6 Å². The van der Waals surface area contributed by atoms with Crippen molar-refractivity contribution in [2.45, 2.75) is 39.8 Å². The van der Waals surface area contributed by atoms with E-state index < -0.39 is 5.97 Å². The number of carboxylic acid groups (broad SMARTS) is 1. The lowest BCUT2D eigenvalue weighted by molar-refractivity contribution is -0.122. The number of benzene rings is 1. The molecule has 1 amide bonds.